The monoisotopic (exact) mass is 292 g/mol. The fourth-order valence-corrected chi connectivity index (χ4v) is 2.16. The first-order valence-corrected chi connectivity index (χ1v) is 6.86. The van der Waals surface area contributed by atoms with Gasteiger partial charge in [0, 0.05) is 37.4 Å². The Morgan fingerprint density at radius 1 is 1.29 bits per heavy atom. The third-order valence-electron chi connectivity index (χ3n) is 3.35. The third kappa shape index (κ3) is 4.09. The van der Waals surface area contributed by atoms with E-state index in [1.54, 1.807) is 23.1 Å². The fraction of sp³-hybridized carbons (Fsp3) is 0.429. The van der Waals surface area contributed by atoms with Crippen molar-refractivity contribution < 1.29 is 14.3 Å². The second-order valence-corrected chi connectivity index (χ2v) is 4.84. The van der Waals surface area contributed by atoms with Crippen molar-refractivity contribution in [1.82, 2.24) is 4.90 Å². The highest BCUT2D eigenvalue weighted by molar-refractivity contribution is 5.98. The van der Waals surface area contributed by atoms with Gasteiger partial charge in [0.2, 0.25) is 5.91 Å². The molecule has 1 aliphatic rings. The van der Waals surface area contributed by atoms with E-state index in [1.165, 1.54) is 0 Å². The number of nitrogen functional groups attached to an aromatic ring is 1. The van der Waals surface area contributed by atoms with Gasteiger partial charge in [-0.3, -0.25) is 9.59 Å². The summed E-state index contributed by atoms with van der Waals surface area (Å²) in [6.45, 7) is 2.97. The van der Waals surface area contributed by atoms with Gasteiger partial charge in [-0.15, -0.1) is 0 Å². The molecule has 1 aliphatic heterocycles. The molecule has 0 bridgehead atoms. The van der Waals surface area contributed by atoms with Gasteiger partial charge >= 0.3 is 0 Å². The van der Waals surface area contributed by atoms with Crippen molar-refractivity contribution in [3.63, 3.8) is 0 Å². The molecule has 1 saturated heterocycles. The number of rotatable bonds is 5. The number of hydrogen-bond acceptors (Lipinski definition) is 5. The van der Waals surface area contributed by atoms with Crippen molar-refractivity contribution in [1.29, 1.82) is 0 Å². The van der Waals surface area contributed by atoms with Gasteiger partial charge in [-0.2, -0.15) is 0 Å². The van der Waals surface area contributed by atoms with Crippen LogP contribution in [0.4, 0.5) is 11.4 Å². The molecule has 114 valence electrons. The Kier molecular flexibility index (Phi) is 4.99. The number of amides is 2. The van der Waals surface area contributed by atoms with Gasteiger partial charge in [-0.05, 0) is 18.2 Å². The van der Waals surface area contributed by atoms with Crippen LogP contribution in [0.25, 0.3) is 0 Å². The highest BCUT2D eigenvalue weighted by Gasteiger charge is 2.16. The van der Waals surface area contributed by atoms with Gasteiger partial charge in [-0.25, -0.2) is 0 Å². The molecule has 0 aromatic heterocycles. The molecule has 1 aromatic rings. The largest absolute Gasteiger partial charge is 0.398 e. The van der Waals surface area contributed by atoms with Crippen molar-refractivity contribution in [2.24, 2.45) is 5.73 Å². The molecular formula is C14H20N4O3. The van der Waals surface area contributed by atoms with Crippen molar-refractivity contribution >= 4 is 23.2 Å². The van der Waals surface area contributed by atoms with Crippen molar-refractivity contribution in [3.05, 3.63) is 23.8 Å². The summed E-state index contributed by atoms with van der Waals surface area (Å²) in [6.07, 6.45) is 0.385. The lowest BCUT2D eigenvalue weighted by Crippen LogP contribution is -2.41. The smallest absolute Gasteiger partial charge is 0.250 e. The molecule has 0 spiro atoms. The molecule has 1 fully saturated rings. The van der Waals surface area contributed by atoms with E-state index in [0.29, 0.717) is 50.6 Å². The highest BCUT2D eigenvalue weighted by Crippen LogP contribution is 2.17. The average Bonchev–Trinajstić information content (AvgIpc) is 2.49. The molecule has 7 heteroatoms. The van der Waals surface area contributed by atoms with Crippen LogP contribution in [0, 0.1) is 0 Å². The Morgan fingerprint density at radius 3 is 2.67 bits per heavy atom. The van der Waals surface area contributed by atoms with Crippen molar-refractivity contribution in [3.8, 4) is 0 Å². The fourth-order valence-electron chi connectivity index (χ4n) is 2.16. The summed E-state index contributed by atoms with van der Waals surface area (Å²) in [4.78, 5) is 25.0. The first kappa shape index (κ1) is 15.1. The van der Waals surface area contributed by atoms with Gasteiger partial charge in [-0.1, -0.05) is 0 Å². The molecule has 7 nitrogen and oxygen atoms in total. The maximum absolute atomic E-state index is 12.0. The molecule has 1 aromatic carbocycles. The maximum Gasteiger partial charge on any atom is 0.250 e. The summed E-state index contributed by atoms with van der Waals surface area (Å²) < 4.78 is 5.21. The molecule has 0 atom stereocenters. The SMILES string of the molecule is NC(=O)c1cc(NCCC(=O)N2CCOCC2)ccc1N. The Morgan fingerprint density at radius 2 is 2.00 bits per heavy atom. The molecule has 2 rings (SSSR count). The molecule has 5 N–H and O–H groups in total. The Bertz CT molecular complexity index is 527. The zero-order valence-electron chi connectivity index (χ0n) is 11.8. The molecule has 2 amide bonds. The van der Waals surface area contributed by atoms with Gasteiger partial charge < -0.3 is 26.4 Å². The van der Waals surface area contributed by atoms with Crippen LogP contribution < -0.4 is 16.8 Å². The normalized spacial score (nSPS) is 14.8. The number of benzene rings is 1. The number of hydrogen-bond donors (Lipinski definition) is 3. The number of ether oxygens (including phenoxy) is 1. The lowest BCUT2D eigenvalue weighted by Gasteiger charge is -2.26. The van der Waals surface area contributed by atoms with E-state index in [-0.39, 0.29) is 11.5 Å². The summed E-state index contributed by atoms with van der Waals surface area (Å²) in [7, 11) is 0. The number of morpholine rings is 1. The van der Waals surface area contributed by atoms with Gasteiger partial charge in [0.1, 0.15) is 0 Å². The summed E-state index contributed by atoms with van der Waals surface area (Å²) >= 11 is 0. The van der Waals surface area contributed by atoms with Crippen LogP contribution in [0.1, 0.15) is 16.8 Å². The number of anilines is 2. The number of nitrogens with one attached hydrogen (secondary N) is 1. The van der Waals surface area contributed by atoms with Gasteiger partial charge in [0.15, 0.2) is 0 Å². The van der Waals surface area contributed by atoms with Crippen LogP contribution in [0.15, 0.2) is 18.2 Å². The number of primary amides is 1. The Labute approximate surface area is 123 Å². The molecule has 21 heavy (non-hydrogen) atoms. The van der Waals surface area contributed by atoms with E-state index in [0.717, 1.165) is 0 Å². The van der Waals surface area contributed by atoms with Crippen LogP contribution in [-0.4, -0.2) is 49.6 Å². The number of carbonyl (C=O) groups excluding carboxylic acids is 2. The van der Waals surface area contributed by atoms with E-state index in [4.69, 9.17) is 16.2 Å². The summed E-state index contributed by atoms with van der Waals surface area (Å²) in [5.41, 5.74) is 12.2. The van der Waals surface area contributed by atoms with Gasteiger partial charge in [0.25, 0.3) is 5.91 Å². The first-order chi connectivity index (χ1) is 10.1. The quantitative estimate of drug-likeness (QED) is 0.663. The van der Waals surface area contributed by atoms with E-state index < -0.39 is 5.91 Å². The second-order valence-electron chi connectivity index (χ2n) is 4.84. The first-order valence-electron chi connectivity index (χ1n) is 6.86. The standard InChI is InChI=1S/C14H20N4O3/c15-12-2-1-10(9-11(12)14(16)20)17-4-3-13(19)18-5-7-21-8-6-18/h1-2,9,17H,3-8,15H2,(H2,16,20). The van der Waals surface area contributed by atoms with E-state index in [1.807, 2.05) is 0 Å². The van der Waals surface area contributed by atoms with Crippen molar-refractivity contribution in [2.75, 3.05) is 43.9 Å². The molecule has 1 heterocycles. The number of nitrogens with zero attached hydrogens (tertiary/aromatic N) is 1. The minimum Gasteiger partial charge on any atom is -0.398 e. The topological polar surface area (TPSA) is 111 Å². The lowest BCUT2D eigenvalue weighted by atomic mass is 10.1. The Balaban J connectivity index is 1.84. The second kappa shape index (κ2) is 6.94. The summed E-state index contributed by atoms with van der Waals surface area (Å²) in [5, 5.41) is 3.10. The molecular weight excluding hydrogens is 272 g/mol. The minimum atomic E-state index is -0.569. The minimum absolute atomic E-state index is 0.0939. The highest BCUT2D eigenvalue weighted by atomic mass is 16.5. The van der Waals surface area contributed by atoms with Gasteiger partial charge in [0.05, 0.1) is 18.8 Å². The number of nitrogens with two attached hydrogens (primary N) is 2. The lowest BCUT2D eigenvalue weighted by molar-refractivity contribution is -0.134. The molecule has 0 saturated carbocycles. The third-order valence-corrected chi connectivity index (χ3v) is 3.35. The number of carbonyl (C=O) groups is 2. The van der Waals surface area contributed by atoms with E-state index in [9.17, 15) is 9.59 Å². The molecule has 0 radical (unpaired) electrons. The van der Waals surface area contributed by atoms with Crippen LogP contribution in [0.2, 0.25) is 0 Å². The molecule has 0 unspecified atom stereocenters. The van der Waals surface area contributed by atoms with Crippen LogP contribution >= 0.6 is 0 Å². The predicted molar refractivity (Wildman–Crippen MR) is 79.9 cm³/mol. The average molecular weight is 292 g/mol. The van der Waals surface area contributed by atoms with E-state index in [2.05, 4.69) is 5.32 Å². The maximum atomic E-state index is 12.0. The van der Waals surface area contributed by atoms with Crippen LogP contribution in [-0.2, 0) is 9.53 Å². The predicted octanol–water partition coefficient (Wildman–Crippen LogP) is 0.0285. The summed E-state index contributed by atoms with van der Waals surface area (Å²) in [6, 6.07) is 4.96. The zero-order valence-corrected chi connectivity index (χ0v) is 11.8. The van der Waals surface area contributed by atoms with Crippen LogP contribution in [0.3, 0.4) is 0 Å². The summed E-state index contributed by atoms with van der Waals surface area (Å²) in [5.74, 6) is -0.475. The van der Waals surface area contributed by atoms with Crippen LogP contribution in [0.5, 0.6) is 0 Å². The zero-order chi connectivity index (χ0) is 15.2. The Hall–Kier alpha value is -2.28. The van der Waals surface area contributed by atoms with E-state index >= 15 is 0 Å². The molecule has 0 aliphatic carbocycles. The van der Waals surface area contributed by atoms with Crippen molar-refractivity contribution in [2.45, 2.75) is 6.42 Å².